The number of aromatic nitrogens is 1. The van der Waals surface area contributed by atoms with E-state index in [9.17, 15) is 19.2 Å². The summed E-state index contributed by atoms with van der Waals surface area (Å²) in [5.41, 5.74) is 3.37. The van der Waals surface area contributed by atoms with Gasteiger partial charge >= 0.3 is 12.0 Å². The third-order valence-electron chi connectivity index (χ3n) is 5.40. The largest absolute Gasteiger partial charge is 0.467 e. The summed E-state index contributed by atoms with van der Waals surface area (Å²) in [6.45, 7) is 3.65. The minimum Gasteiger partial charge on any atom is -0.467 e. The van der Waals surface area contributed by atoms with Crippen LogP contribution in [0, 0.1) is 13.8 Å². The van der Waals surface area contributed by atoms with Crippen LogP contribution in [0.1, 0.15) is 33.1 Å². The Kier molecular flexibility index (Phi) is 5.70. The number of benzene rings is 1. The summed E-state index contributed by atoms with van der Waals surface area (Å²) < 4.78 is 11.9. The van der Waals surface area contributed by atoms with Crippen LogP contribution in [0.5, 0.6) is 0 Å². The number of nitrogens with one attached hydrogen (secondary N) is 1. The molecule has 0 bridgehead atoms. The smallest absolute Gasteiger partial charge is 0.337 e. The van der Waals surface area contributed by atoms with Gasteiger partial charge in [-0.3, -0.25) is 19.8 Å². The van der Waals surface area contributed by atoms with Crippen LogP contribution in [0.15, 0.2) is 58.7 Å². The van der Waals surface area contributed by atoms with Gasteiger partial charge in [0.2, 0.25) is 0 Å². The topological polar surface area (TPSA) is 111 Å². The van der Waals surface area contributed by atoms with Crippen molar-refractivity contribution in [3.05, 3.63) is 82.6 Å². The van der Waals surface area contributed by atoms with Crippen molar-refractivity contribution in [2.75, 3.05) is 7.11 Å². The van der Waals surface area contributed by atoms with Crippen molar-refractivity contribution < 1.29 is 28.3 Å². The number of urea groups is 1. The summed E-state index contributed by atoms with van der Waals surface area (Å²) in [6, 6.07) is 11.2. The molecule has 0 aliphatic carbocycles. The number of ether oxygens (including phenoxy) is 1. The van der Waals surface area contributed by atoms with Gasteiger partial charge in [0.15, 0.2) is 0 Å². The van der Waals surface area contributed by atoms with Crippen molar-refractivity contribution in [3.63, 3.8) is 0 Å². The minimum absolute atomic E-state index is 0.0894. The molecule has 1 aromatic carbocycles. The summed E-state index contributed by atoms with van der Waals surface area (Å²) in [4.78, 5) is 50.2. The van der Waals surface area contributed by atoms with Gasteiger partial charge in [-0.1, -0.05) is 0 Å². The molecule has 1 N–H and O–H groups in total. The van der Waals surface area contributed by atoms with Crippen molar-refractivity contribution in [2.45, 2.75) is 20.4 Å². The lowest BCUT2D eigenvalue weighted by Crippen LogP contribution is -2.53. The molecule has 4 rings (SSSR count). The van der Waals surface area contributed by atoms with Crippen molar-refractivity contribution in [3.8, 4) is 5.69 Å². The van der Waals surface area contributed by atoms with E-state index >= 15 is 0 Å². The number of carbonyl (C=O) groups excluding carboxylic acids is 4. The third kappa shape index (κ3) is 4.08. The molecule has 3 heterocycles. The van der Waals surface area contributed by atoms with Crippen LogP contribution in [0.2, 0.25) is 0 Å². The number of furan rings is 1. The zero-order chi connectivity index (χ0) is 23.7. The lowest BCUT2D eigenvalue weighted by Gasteiger charge is -2.25. The molecule has 9 heteroatoms. The number of esters is 1. The Labute approximate surface area is 189 Å². The Morgan fingerprint density at radius 3 is 2.48 bits per heavy atom. The number of amides is 4. The van der Waals surface area contributed by atoms with E-state index in [0.717, 1.165) is 22.0 Å². The molecule has 1 aliphatic rings. The number of rotatable bonds is 5. The van der Waals surface area contributed by atoms with Gasteiger partial charge in [0, 0.05) is 17.1 Å². The lowest BCUT2D eigenvalue weighted by atomic mass is 10.1. The second-order valence-electron chi connectivity index (χ2n) is 7.49. The van der Waals surface area contributed by atoms with E-state index < -0.39 is 23.8 Å². The highest BCUT2D eigenvalue weighted by Gasteiger charge is 2.36. The molecule has 2 aromatic heterocycles. The van der Waals surface area contributed by atoms with Gasteiger partial charge in [-0.05, 0) is 68.0 Å². The Balaban J connectivity index is 1.67. The number of imide groups is 2. The van der Waals surface area contributed by atoms with Gasteiger partial charge in [-0.2, -0.15) is 0 Å². The van der Waals surface area contributed by atoms with Crippen molar-refractivity contribution in [2.24, 2.45) is 0 Å². The molecule has 1 aliphatic heterocycles. The maximum absolute atomic E-state index is 13.0. The molecule has 1 saturated heterocycles. The van der Waals surface area contributed by atoms with Crippen LogP contribution in [0.4, 0.5) is 4.79 Å². The zero-order valence-corrected chi connectivity index (χ0v) is 18.2. The van der Waals surface area contributed by atoms with E-state index in [4.69, 9.17) is 9.15 Å². The van der Waals surface area contributed by atoms with Gasteiger partial charge in [0.1, 0.15) is 11.3 Å². The van der Waals surface area contributed by atoms with Crippen LogP contribution in [0.25, 0.3) is 11.8 Å². The minimum atomic E-state index is -0.797. The number of barbiturate groups is 1. The molecule has 4 amide bonds. The van der Waals surface area contributed by atoms with Gasteiger partial charge < -0.3 is 13.7 Å². The fourth-order valence-electron chi connectivity index (χ4n) is 3.75. The van der Waals surface area contributed by atoms with E-state index in [1.807, 2.05) is 24.5 Å². The standard InChI is InChI=1S/C24H21N3O6/c1-14-11-17(15(2)27(14)18-8-6-16(7-9-18)23(30)32-3)12-20-21(28)25-24(31)26(22(20)29)13-19-5-4-10-33-19/h4-12H,13H2,1-3H3,(H,25,28,31)/b20-12-. The van der Waals surface area contributed by atoms with Gasteiger partial charge in [0.05, 0.1) is 25.5 Å². The van der Waals surface area contributed by atoms with Gasteiger partial charge in [0.25, 0.3) is 11.8 Å². The first-order valence-electron chi connectivity index (χ1n) is 10.1. The number of hydrogen-bond donors (Lipinski definition) is 1. The fraction of sp³-hybridized carbons (Fsp3) is 0.167. The maximum atomic E-state index is 13.0. The van der Waals surface area contributed by atoms with Crippen molar-refractivity contribution >= 4 is 29.9 Å². The van der Waals surface area contributed by atoms with Crippen LogP contribution in [0.3, 0.4) is 0 Å². The van der Waals surface area contributed by atoms with E-state index in [1.54, 1.807) is 36.4 Å². The predicted molar refractivity (Wildman–Crippen MR) is 117 cm³/mol. The Morgan fingerprint density at radius 1 is 1.12 bits per heavy atom. The number of methoxy groups -OCH3 is 1. The van der Waals surface area contributed by atoms with Crippen molar-refractivity contribution in [1.82, 2.24) is 14.8 Å². The average Bonchev–Trinajstić information content (AvgIpc) is 3.41. The lowest BCUT2D eigenvalue weighted by molar-refractivity contribution is -0.130. The monoisotopic (exact) mass is 447 g/mol. The quantitative estimate of drug-likeness (QED) is 0.365. The first kappa shape index (κ1) is 21.8. The molecule has 0 unspecified atom stereocenters. The highest BCUT2D eigenvalue weighted by molar-refractivity contribution is 6.31. The zero-order valence-electron chi connectivity index (χ0n) is 18.2. The Morgan fingerprint density at radius 2 is 1.85 bits per heavy atom. The van der Waals surface area contributed by atoms with Crippen LogP contribution >= 0.6 is 0 Å². The van der Waals surface area contributed by atoms with Crippen molar-refractivity contribution in [1.29, 1.82) is 0 Å². The van der Waals surface area contributed by atoms with E-state index in [-0.39, 0.29) is 12.1 Å². The summed E-state index contributed by atoms with van der Waals surface area (Å²) in [6.07, 6.45) is 2.91. The molecule has 1 fully saturated rings. The second-order valence-corrected chi connectivity index (χ2v) is 7.49. The summed E-state index contributed by atoms with van der Waals surface area (Å²) in [7, 11) is 1.32. The normalized spacial score (nSPS) is 15.2. The molecular formula is C24H21N3O6. The predicted octanol–water partition coefficient (Wildman–Crippen LogP) is 3.14. The molecule has 0 radical (unpaired) electrons. The van der Waals surface area contributed by atoms with Crippen LogP contribution < -0.4 is 5.32 Å². The number of carbonyl (C=O) groups is 4. The molecule has 0 spiro atoms. The molecular weight excluding hydrogens is 426 g/mol. The summed E-state index contributed by atoms with van der Waals surface area (Å²) in [5.74, 6) is -1.47. The summed E-state index contributed by atoms with van der Waals surface area (Å²) >= 11 is 0. The Bertz CT molecular complexity index is 1280. The van der Waals surface area contributed by atoms with Gasteiger partial charge in [-0.25, -0.2) is 9.59 Å². The number of aryl methyl sites for hydroxylation is 1. The molecule has 0 saturated carbocycles. The maximum Gasteiger partial charge on any atom is 0.337 e. The highest BCUT2D eigenvalue weighted by atomic mass is 16.5. The summed E-state index contributed by atoms with van der Waals surface area (Å²) in [5, 5.41) is 2.20. The van der Waals surface area contributed by atoms with Crippen LogP contribution in [-0.4, -0.2) is 40.4 Å². The third-order valence-corrected chi connectivity index (χ3v) is 5.40. The molecule has 3 aromatic rings. The van der Waals surface area contributed by atoms with E-state index in [1.165, 1.54) is 19.4 Å². The highest BCUT2D eigenvalue weighted by Crippen LogP contribution is 2.25. The van der Waals surface area contributed by atoms with E-state index in [0.29, 0.717) is 16.9 Å². The second kappa shape index (κ2) is 8.62. The Hall–Kier alpha value is -4.40. The van der Waals surface area contributed by atoms with E-state index in [2.05, 4.69) is 5.32 Å². The first-order valence-corrected chi connectivity index (χ1v) is 10.1. The van der Waals surface area contributed by atoms with Gasteiger partial charge in [-0.15, -0.1) is 0 Å². The van der Waals surface area contributed by atoms with Crippen LogP contribution in [-0.2, 0) is 20.9 Å². The molecule has 168 valence electrons. The number of hydrogen-bond acceptors (Lipinski definition) is 6. The number of nitrogens with zero attached hydrogens (tertiary/aromatic N) is 2. The molecule has 0 atom stereocenters. The first-order chi connectivity index (χ1) is 15.8. The fourth-order valence-corrected chi connectivity index (χ4v) is 3.75. The molecule has 33 heavy (non-hydrogen) atoms. The average molecular weight is 447 g/mol. The molecule has 9 nitrogen and oxygen atoms in total. The SMILES string of the molecule is COC(=O)c1ccc(-n2c(C)cc(/C=C3/C(=O)NC(=O)N(Cc4ccco4)C3=O)c2C)cc1.